The van der Waals surface area contributed by atoms with Gasteiger partial charge in [0.1, 0.15) is 11.4 Å². The average Bonchev–Trinajstić information content (AvgIpc) is 2.74. The van der Waals surface area contributed by atoms with E-state index in [0.29, 0.717) is 31.1 Å². The van der Waals surface area contributed by atoms with Crippen molar-refractivity contribution < 1.29 is 19.0 Å². The number of hydrogen-bond donors (Lipinski definition) is 0. The van der Waals surface area contributed by atoms with Gasteiger partial charge in [-0.25, -0.2) is 9.97 Å². The maximum absolute atomic E-state index is 13.1. The molecular formula is C20H26N4O4. The second-order valence-electron chi connectivity index (χ2n) is 6.76. The number of pyridine rings is 1. The van der Waals surface area contributed by atoms with Gasteiger partial charge in [-0.3, -0.25) is 4.79 Å². The molecule has 150 valence electrons. The van der Waals surface area contributed by atoms with Crippen LogP contribution in [0.3, 0.4) is 0 Å². The van der Waals surface area contributed by atoms with Crippen molar-refractivity contribution in [3.63, 3.8) is 0 Å². The van der Waals surface area contributed by atoms with Crippen molar-refractivity contribution in [2.75, 3.05) is 34.4 Å². The number of piperidine rings is 1. The predicted octanol–water partition coefficient (Wildman–Crippen LogP) is 2.36. The third-order valence-electron chi connectivity index (χ3n) is 4.88. The zero-order chi connectivity index (χ0) is 20.1. The van der Waals surface area contributed by atoms with Crippen LogP contribution in [0.15, 0.2) is 18.3 Å². The van der Waals surface area contributed by atoms with E-state index in [0.717, 1.165) is 29.9 Å². The van der Waals surface area contributed by atoms with Crippen LogP contribution in [0.4, 0.5) is 0 Å². The monoisotopic (exact) mass is 386 g/mol. The first-order chi connectivity index (χ1) is 13.6. The molecule has 0 spiro atoms. The first-order valence-electron chi connectivity index (χ1n) is 9.27. The molecule has 3 rings (SSSR count). The van der Waals surface area contributed by atoms with Gasteiger partial charge < -0.3 is 19.1 Å². The van der Waals surface area contributed by atoms with Gasteiger partial charge in [0, 0.05) is 43.9 Å². The maximum atomic E-state index is 13.1. The second kappa shape index (κ2) is 8.97. The first kappa shape index (κ1) is 20.0. The zero-order valence-corrected chi connectivity index (χ0v) is 16.8. The molecule has 1 amide bonds. The van der Waals surface area contributed by atoms with Crippen molar-refractivity contribution in [2.45, 2.75) is 32.3 Å². The van der Waals surface area contributed by atoms with Gasteiger partial charge in [0.2, 0.25) is 11.8 Å². The lowest BCUT2D eigenvalue weighted by Gasteiger charge is -2.33. The van der Waals surface area contributed by atoms with Crippen LogP contribution in [-0.2, 0) is 11.3 Å². The molecule has 1 aliphatic heterocycles. The van der Waals surface area contributed by atoms with Crippen molar-refractivity contribution in [2.24, 2.45) is 0 Å². The molecular weight excluding hydrogens is 360 g/mol. The normalized spacial score (nSPS) is 16.7. The van der Waals surface area contributed by atoms with E-state index in [1.54, 1.807) is 19.2 Å². The molecule has 28 heavy (non-hydrogen) atoms. The lowest BCUT2D eigenvalue weighted by Crippen LogP contribution is -2.39. The lowest BCUT2D eigenvalue weighted by atomic mass is 9.91. The number of aromatic nitrogens is 3. The minimum absolute atomic E-state index is 0.101. The summed E-state index contributed by atoms with van der Waals surface area (Å²) in [5.74, 6) is 1.44. The number of aryl methyl sites for hydroxylation is 1. The molecule has 8 heteroatoms. The van der Waals surface area contributed by atoms with Crippen molar-refractivity contribution >= 4 is 5.91 Å². The van der Waals surface area contributed by atoms with E-state index in [1.807, 2.05) is 18.0 Å². The molecule has 2 aromatic heterocycles. The summed E-state index contributed by atoms with van der Waals surface area (Å²) in [6.07, 6.45) is 3.69. The molecule has 0 aromatic carbocycles. The summed E-state index contributed by atoms with van der Waals surface area (Å²) < 4.78 is 15.7. The van der Waals surface area contributed by atoms with E-state index >= 15 is 0 Å². The Labute approximate surface area is 164 Å². The Morgan fingerprint density at radius 2 is 2.04 bits per heavy atom. The van der Waals surface area contributed by atoms with Gasteiger partial charge in [0.15, 0.2) is 0 Å². The van der Waals surface area contributed by atoms with Crippen LogP contribution in [0.2, 0.25) is 0 Å². The summed E-state index contributed by atoms with van der Waals surface area (Å²) in [5, 5.41) is 0. The molecule has 8 nitrogen and oxygen atoms in total. The number of likely N-dealkylation sites (tertiary alicyclic amines) is 1. The van der Waals surface area contributed by atoms with Crippen molar-refractivity contribution in [3.8, 4) is 11.8 Å². The lowest BCUT2D eigenvalue weighted by molar-refractivity contribution is 0.0700. The number of carbonyl (C=O) groups is 1. The molecule has 2 aromatic rings. The molecule has 0 radical (unpaired) electrons. The Balaban J connectivity index is 1.84. The van der Waals surface area contributed by atoms with Gasteiger partial charge in [-0.2, -0.15) is 4.98 Å². The fraction of sp³-hybridized carbons (Fsp3) is 0.500. The van der Waals surface area contributed by atoms with E-state index < -0.39 is 0 Å². The number of methoxy groups -OCH3 is 3. The molecule has 0 bridgehead atoms. The largest absolute Gasteiger partial charge is 0.481 e. The predicted molar refractivity (Wildman–Crippen MR) is 103 cm³/mol. The number of ether oxygens (including phenoxy) is 3. The van der Waals surface area contributed by atoms with Crippen LogP contribution in [0.25, 0.3) is 0 Å². The Kier molecular flexibility index (Phi) is 6.41. The van der Waals surface area contributed by atoms with Crippen LogP contribution in [0.5, 0.6) is 11.8 Å². The average molecular weight is 386 g/mol. The molecule has 1 atom stereocenters. The van der Waals surface area contributed by atoms with Gasteiger partial charge in [-0.15, -0.1) is 0 Å². The molecule has 1 unspecified atom stereocenters. The third kappa shape index (κ3) is 4.22. The highest BCUT2D eigenvalue weighted by atomic mass is 16.5. The van der Waals surface area contributed by atoms with Crippen LogP contribution in [0.1, 0.15) is 46.2 Å². The number of carbonyl (C=O) groups excluding carboxylic acids is 1. The second-order valence-corrected chi connectivity index (χ2v) is 6.76. The highest BCUT2D eigenvalue weighted by Gasteiger charge is 2.29. The molecule has 0 saturated carbocycles. The molecule has 3 heterocycles. The van der Waals surface area contributed by atoms with Crippen molar-refractivity contribution in [3.05, 3.63) is 41.0 Å². The Morgan fingerprint density at radius 3 is 2.75 bits per heavy atom. The van der Waals surface area contributed by atoms with Crippen LogP contribution in [-0.4, -0.2) is 60.2 Å². The van der Waals surface area contributed by atoms with Gasteiger partial charge in [-0.05, 0) is 25.8 Å². The fourth-order valence-electron chi connectivity index (χ4n) is 3.54. The van der Waals surface area contributed by atoms with Gasteiger partial charge in [0.25, 0.3) is 5.91 Å². The highest BCUT2D eigenvalue weighted by Crippen LogP contribution is 2.30. The summed E-state index contributed by atoms with van der Waals surface area (Å²) >= 11 is 0. The molecule has 1 saturated heterocycles. The van der Waals surface area contributed by atoms with Gasteiger partial charge >= 0.3 is 0 Å². The highest BCUT2D eigenvalue weighted by molar-refractivity contribution is 5.96. The van der Waals surface area contributed by atoms with Crippen molar-refractivity contribution in [1.29, 1.82) is 0 Å². The first-order valence-corrected chi connectivity index (χ1v) is 9.27. The maximum Gasteiger partial charge on any atom is 0.259 e. The molecule has 0 N–H and O–H groups in total. The number of rotatable bonds is 6. The Hall–Kier alpha value is -2.74. The number of nitrogens with zero attached hydrogens (tertiary/aromatic N) is 4. The Bertz CT molecular complexity index is 843. The van der Waals surface area contributed by atoms with Gasteiger partial charge in [0.05, 0.1) is 26.5 Å². The third-order valence-corrected chi connectivity index (χ3v) is 4.88. The van der Waals surface area contributed by atoms with Crippen molar-refractivity contribution in [1.82, 2.24) is 19.9 Å². The number of hydrogen-bond acceptors (Lipinski definition) is 7. The molecule has 1 fully saturated rings. The van der Waals surface area contributed by atoms with E-state index in [1.165, 1.54) is 14.2 Å². The Morgan fingerprint density at radius 1 is 1.21 bits per heavy atom. The van der Waals surface area contributed by atoms with E-state index in [4.69, 9.17) is 14.2 Å². The standard InChI is InChI=1S/C20H26N4O4/c1-13-21-10-15(12-26-2)18(22-13)14-6-5-9-24(11-14)20(25)16-7-8-17(27-3)23-19(16)28-4/h7-8,10,14H,5-6,9,11-12H2,1-4H3. The molecule has 1 aliphatic rings. The van der Waals surface area contributed by atoms with Gasteiger partial charge in [-0.1, -0.05) is 0 Å². The summed E-state index contributed by atoms with van der Waals surface area (Å²) in [5.41, 5.74) is 2.36. The molecule has 0 aliphatic carbocycles. The number of amides is 1. The van der Waals surface area contributed by atoms with E-state index in [-0.39, 0.29) is 17.7 Å². The fourth-order valence-corrected chi connectivity index (χ4v) is 3.54. The van der Waals surface area contributed by atoms with Crippen LogP contribution < -0.4 is 9.47 Å². The van der Waals surface area contributed by atoms with Crippen LogP contribution >= 0.6 is 0 Å². The van der Waals surface area contributed by atoms with E-state index in [9.17, 15) is 4.79 Å². The smallest absolute Gasteiger partial charge is 0.259 e. The topological polar surface area (TPSA) is 86.7 Å². The van der Waals surface area contributed by atoms with Crippen LogP contribution in [0, 0.1) is 6.92 Å². The summed E-state index contributed by atoms with van der Waals surface area (Å²) in [6, 6.07) is 3.36. The summed E-state index contributed by atoms with van der Waals surface area (Å²) in [4.78, 5) is 28.1. The summed E-state index contributed by atoms with van der Waals surface area (Å²) in [7, 11) is 4.68. The van der Waals surface area contributed by atoms with E-state index in [2.05, 4.69) is 15.0 Å². The minimum Gasteiger partial charge on any atom is -0.481 e. The summed E-state index contributed by atoms with van der Waals surface area (Å²) in [6.45, 7) is 3.60. The quantitative estimate of drug-likeness (QED) is 0.753. The minimum atomic E-state index is -0.101. The zero-order valence-electron chi connectivity index (χ0n) is 16.8. The SMILES string of the molecule is COCc1cnc(C)nc1C1CCCN(C(=O)c2ccc(OC)nc2OC)C1.